The molecule has 1 heteroatoms. The van der Waals surface area contributed by atoms with Gasteiger partial charge in [0.1, 0.15) is 5.78 Å². The molecule has 1 nitrogen and oxygen atoms in total. The van der Waals surface area contributed by atoms with Gasteiger partial charge in [0.25, 0.3) is 0 Å². The molecule has 0 atom stereocenters. The lowest BCUT2D eigenvalue weighted by molar-refractivity contribution is -0.116. The van der Waals surface area contributed by atoms with Crippen LogP contribution < -0.4 is 0 Å². The minimum Gasteiger partial charge on any atom is -0.300 e. The first-order valence-electron chi connectivity index (χ1n) is 4.22. The van der Waals surface area contributed by atoms with E-state index >= 15 is 0 Å². The zero-order chi connectivity index (χ0) is 8.53. The van der Waals surface area contributed by atoms with E-state index in [-0.39, 0.29) is 5.78 Å². The zero-order valence-electron chi connectivity index (χ0n) is 7.44. The van der Waals surface area contributed by atoms with Gasteiger partial charge in [-0.25, -0.2) is 0 Å². The van der Waals surface area contributed by atoms with E-state index in [1.165, 1.54) is 12.8 Å². The molecule has 0 aliphatic heterocycles. The standard InChI is InChI=1S/C10H16O/c1-3-4-5-6-7-8-9-10(2)11/h3-5,8-9H2,1-2H3. The van der Waals surface area contributed by atoms with E-state index in [1.807, 2.05) is 0 Å². The van der Waals surface area contributed by atoms with E-state index in [0.717, 1.165) is 12.8 Å². The van der Waals surface area contributed by atoms with Crippen LogP contribution in [0.15, 0.2) is 0 Å². The molecule has 0 unspecified atom stereocenters. The summed E-state index contributed by atoms with van der Waals surface area (Å²) in [7, 11) is 0. The number of rotatable bonds is 4. The summed E-state index contributed by atoms with van der Waals surface area (Å²) < 4.78 is 0. The Kier molecular flexibility index (Phi) is 6.82. The fourth-order valence-corrected chi connectivity index (χ4v) is 0.680. The second-order valence-corrected chi connectivity index (χ2v) is 2.66. The van der Waals surface area contributed by atoms with Crippen LogP contribution in [0.2, 0.25) is 0 Å². The van der Waals surface area contributed by atoms with Crippen molar-refractivity contribution in [2.24, 2.45) is 0 Å². The third-order valence-electron chi connectivity index (χ3n) is 1.38. The number of unbranched alkanes of at least 4 members (excludes halogenated alkanes) is 2. The van der Waals surface area contributed by atoms with E-state index < -0.39 is 0 Å². The number of hydrogen-bond acceptors (Lipinski definition) is 1. The van der Waals surface area contributed by atoms with Crippen LogP contribution in [0, 0.1) is 11.8 Å². The number of hydrogen-bond donors (Lipinski definition) is 0. The third kappa shape index (κ3) is 9.23. The van der Waals surface area contributed by atoms with Crippen LogP contribution in [-0.4, -0.2) is 5.78 Å². The van der Waals surface area contributed by atoms with Crippen LogP contribution in [0.25, 0.3) is 0 Å². The molecule has 0 radical (unpaired) electrons. The van der Waals surface area contributed by atoms with E-state index in [9.17, 15) is 4.79 Å². The normalized spacial score (nSPS) is 8.55. The van der Waals surface area contributed by atoms with Gasteiger partial charge in [0.15, 0.2) is 0 Å². The Morgan fingerprint density at radius 1 is 1.27 bits per heavy atom. The molecule has 0 saturated heterocycles. The molecule has 0 N–H and O–H groups in total. The molecule has 0 amide bonds. The van der Waals surface area contributed by atoms with Crippen molar-refractivity contribution in [3.05, 3.63) is 0 Å². The molecule has 0 aromatic rings. The van der Waals surface area contributed by atoms with Gasteiger partial charge in [-0.3, -0.25) is 4.79 Å². The minimum atomic E-state index is 0.231. The molecule has 0 aromatic carbocycles. The monoisotopic (exact) mass is 152 g/mol. The Morgan fingerprint density at radius 3 is 2.45 bits per heavy atom. The van der Waals surface area contributed by atoms with Crippen LogP contribution in [0.1, 0.15) is 46.0 Å². The first-order chi connectivity index (χ1) is 5.27. The highest BCUT2D eigenvalue weighted by Crippen LogP contribution is 1.92. The summed E-state index contributed by atoms with van der Waals surface area (Å²) in [6.45, 7) is 3.75. The van der Waals surface area contributed by atoms with E-state index in [4.69, 9.17) is 0 Å². The number of Topliss-reactive ketones (excluding diaryl/α,β-unsaturated/α-hetero) is 1. The van der Waals surface area contributed by atoms with Gasteiger partial charge in [0, 0.05) is 19.3 Å². The van der Waals surface area contributed by atoms with Crippen molar-refractivity contribution in [2.75, 3.05) is 0 Å². The van der Waals surface area contributed by atoms with Crippen LogP contribution in [0.3, 0.4) is 0 Å². The quantitative estimate of drug-likeness (QED) is 0.447. The Labute approximate surface area is 69.2 Å². The lowest BCUT2D eigenvalue weighted by atomic mass is 10.2. The number of carbonyl (C=O) groups excluding carboxylic acids is 1. The molecule has 0 bridgehead atoms. The molecular formula is C10H16O. The smallest absolute Gasteiger partial charge is 0.130 e. The Hall–Kier alpha value is -0.770. The molecule has 0 rings (SSSR count). The lowest BCUT2D eigenvalue weighted by Crippen LogP contribution is -1.86. The maximum Gasteiger partial charge on any atom is 0.130 e. The van der Waals surface area contributed by atoms with Gasteiger partial charge in [-0.2, -0.15) is 0 Å². The summed E-state index contributed by atoms with van der Waals surface area (Å²) in [6, 6.07) is 0. The average molecular weight is 152 g/mol. The van der Waals surface area contributed by atoms with Gasteiger partial charge in [-0.05, 0) is 13.3 Å². The molecule has 0 fully saturated rings. The van der Waals surface area contributed by atoms with Crippen LogP contribution >= 0.6 is 0 Å². The van der Waals surface area contributed by atoms with Gasteiger partial charge in [0.2, 0.25) is 0 Å². The maximum atomic E-state index is 10.5. The summed E-state index contributed by atoms with van der Waals surface area (Å²) >= 11 is 0. The molecule has 0 aliphatic carbocycles. The molecular weight excluding hydrogens is 136 g/mol. The topological polar surface area (TPSA) is 17.1 Å². The molecule has 0 aromatic heterocycles. The number of ketones is 1. The van der Waals surface area contributed by atoms with Crippen LogP contribution in [-0.2, 0) is 4.79 Å². The Balaban J connectivity index is 3.19. The molecule has 0 aliphatic rings. The van der Waals surface area contributed by atoms with Crippen molar-refractivity contribution >= 4 is 5.78 Å². The van der Waals surface area contributed by atoms with Crippen molar-refractivity contribution in [1.29, 1.82) is 0 Å². The van der Waals surface area contributed by atoms with Gasteiger partial charge >= 0.3 is 0 Å². The van der Waals surface area contributed by atoms with E-state index in [1.54, 1.807) is 6.92 Å². The minimum absolute atomic E-state index is 0.231. The summed E-state index contributed by atoms with van der Waals surface area (Å²) in [6.07, 6.45) is 4.70. The molecule has 0 spiro atoms. The second-order valence-electron chi connectivity index (χ2n) is 2.66. The summed E-state index contributed by atoms with van der Waals surface area (Å²) in [5.74, 6) is 6.25. The SMILES string of the molecule is CCCCC#CCCC(C)=O. The predicted molar refractivity (Wildman–Crippen MR) is 47.2 cm³/mol. The fourth-order valence-electron chi connectivity index (χ4n) is 0.680. The van der Waals surface area contributed by atoms with Gasteiger partial charge in [0.05, 0.1) is 0 Å². The summed E-state index contributed by atoms with van der Waals surface area (Å²) in [5, 5.41) is 0. The van der Waals surface area contributed by atoms with Gasteiger partial charge in [-0.15, -0.1) is 11.8 Å². The van der Waals surface area contributed by atoms with Crippen LogP contribution in [0.5, 0.6) is 0 Å². The summed E-state index contributed by atoms with van der Waals surface area (Å²) in [4.78, 5) is 10.5. The largest absolute Gasteiger partial charge is 0.300 e. The van der Waals surface area contributed by atoms with E-state index in [2.05, 4.69) is 18.8 Å². The molecule has 0 saturated carbocycles. The van der Waals surface area contributed by atoms with Gasteiger partial charge < -0.3 is 0 Å². The Bertz CT molecular complexity index is 159. The third-order valence-corrected chi connectivity index (χ3v) is 1.38. The molecule has 11 heavy (non-hydrogen) atoms. The zero-order valence-corrected chi connectivity index (χ0v) is 7.44. The molecule has 0 heterocycles. The second kappa shape index (κ2) is 7.34. The van der Waals surface area contributed by atoms with Gasteiger partial charge in [-0.1, -0.05) is 13.3 Å². The first-order valence-corrected chi connectivity index (χ1v) is 4.22. The predicted octanol–water partition coefficient (Wildman–Crippen LogP) is 2.55. The maximum absolute atomic E-state index is 10.5. The highest BCUT2D eigenvalue weighted by atomic mass is 16.1. The Morgan fingerprint density at radius 2 is 1.91 bits per heavy atom. The highest BCUT2D eigenvalue weighted by Gasteiger charge is 1.87. The fraction of sp³-hybridized carbons (Fsp3) is 0.700. The van der Waals surface area contributed by atoms with Crippen molar-refractivity contribution < 1.29 is 4.79 Å². The highest BCUT2D eigenvalue weighted by molar-refractivity contribution is 5.75. The molecule has 62 valence electrons. The number of carbonyl (C=O) groups is 1. The van der Waals surface area contributed by atoms with Crippen molar-refractivity contribution in [1.82, 2.24) is 0 Å². The van der Waals surface area contributed by atoms with Crippen molar-refractivity contribution in [3.8, 4) is 11.8 Å². The summed E-state index contributed by atoms with van der Waals surface area (Å²) in [5.41, 5.74) is 0. The van der Waals surface area contributed by atoms with E-state index in [0.29, 0.717) is 6.42 Å². The lowest BCUT2D eigenvalue weighted by Gasteiger charge is -1.85. The first kappa shape index (κ1) is 10.2. The van der Waals surface area contributed by atoms with Crippen LogP contribution in [0.4, 0.5) is 0 Å². The van der Waals surface area contributed by atoms with Crippen molar-refractivity contribution in [3.63, 3.8) is 0 Å². The average Bonchev–Trinajstić information content (AvgIpc) is 1.96. The van der Waals surface area contributed by atoms with Crippen molar-refractivity contribution in [2.45, 2.75) is 46.0 Å².